The molecule has 3 rings (SSSR count). The largest absolute Gasteiger partial charge is 0.497 e. The first-order valence-electron chi connectivity index (χ1n) is 9.17. The van der Waals surface area contributed by atoms with Crippen molar-refractivity contribution in [2.75, 3.05) is 33.1 Å². The van der Waals surface area contributed by atoms with E-state index in [1.54, 1.807) is 51.5 Å². The second kappa shape index (κ2) is 9.51. The van der Waals surface area contributed by atoms with Crippen molar-refractivity contribution < 1.29 is 19.1 Å². The van der Waals surface area contributed by atoms with Crippen molar-refractivity contribution >= 4 is 17.6 Å². The molecule has 0 atom stereocenters. The Labute approximate surface area is 174 Å². The van der Waals surface area contributed by atoms with E-state index in [9.17, 15) is 9.59 Å². The number of benzene rings is 2. The van der Waals surface area contributed by atoms with Crippen LogP contribution in [0.25, 0.3) is 11.3 Å². The molecule has 3 aromatic rings. The number of amides is 2. The molecule has 0 aliphatic carbocycles. The Balaban J connectivity index is 1.75. The van der Waals surface area contributed by atoms with Gasteiger partial charge in [0.15, 0.2) is 6.61 Å². The average Bonchev–Trinajstić information content (AvgIpc) is 2.77. The molecule has 1 N–H and O–H groups in total. The number of likely N-dealkylation sites (N-methyl/N-ethyl adjacent to an activating group) is 1. The molecule has 0 fully saturated rings. The smallest absolute Gasteiger partial charge is 0.260 e. The number of ether oxygens (including phenoxy) is 2. The molecule has 0 radical (unpaired) electrons. The Hall–Kier alpha value is -3.94. The van der Waals surface area contributed by atoms with Crippen LogP contribution in [0.2, 0.25) is 0 Å². The number of hydrogen-bond acceptors (Lipinski definition) is 6. The molecule has 0 saturated heterocycles. The summed E-state index contributed by atoms with van der Waals surface area (Å²) in [6.45, 7) is -0.160. The first-order valence-corrected chi connectivity index (χ1v) is 9.17. The zero-order chi connectivity index (χ0) is 21.5. The lowest BCUT2D eigenvalue weighted by molar-refractivity contribution is -0.130. The number of aromatic nitrogens is 2. The topological polar surface area (TPSA) is 93.6 Å². The normalized spacial score (nSPS) is 10.2. The SMILES string of the molecule is COc1ccc(-c2cc(NC(=O)c3ccccc3OCC(=O)N(C)C)ncn2)cc1. The fourth-order valence-corrected chi connectivity index (χ4v) is 2.58. The first kappa shape index (κ1) is 20.8. The van der Waals surface area contributed by atoms with Crippen LogP contribution in [0.5, 0.6) is 11.5 Å². The molecule has 0 saturated carbocycles. The Kier molecular flexibility index (Phi) is 6.59. The molecule has 0 aliphatic heterocycles. The minimum atomic E-state index is -0.401. The second-order valence-corrected chi connectivity index (χ2v) is 6.54. The van der Waals surface area contributed by atoms with E-state index in [1.165, 1.54) is 11.2 Å². The Morgan fingerprint density at radius 1 is 1.03 bits per heavy atom. The minimum Gasteiger partial charge on any atom is -0.497 e. The summed E-state index contributed by atoms with van der Waals surface area (Å²) >= 11 is 0. The van der Waals surface area contributed by atoms with Crippen LogP contribution >= 0.6 is 0 Å². The van der Waals surface area contributed by atoms with Gasteiger partial charge in [-0.25, -0.2) is 9.97 Å². The van der Waals surface area contributed by atoms with E-state index in [2.05, 4.69) is 15.3 Å². The van der Waals surface area contributed by atoms with Crippen molar-refractivity contribution in [3.8, 4) is 22.8 Å². The summed E-state index contributed by atoms with van der Waals surface area (Å²) < 4.78 is 10.7. The zero-order valence-corrected chi connectivity index (χ0v) is 17.0. The van der Waals surface area contributed by atoms with Gasteiger partial charge in [0.2, 0.25) is 0 Å². The molecule has 0 unspecified atom stereocenters. The average molecular weight is 406 g/mol. The molecular formula is C22H22N4O4. The number of nitrogens with zero attached hydrogens (tertiary/aromatic N) is 3. The van der Waals surface area contributed by atoms with Crippen molar-refractivity contribution in [1.82, 2.24) is 14.9 Å². The van der Waals surface area contributed by atoms with Gasteiger partial charge in [0.25, 0.3) is 11.8 Å². The lowest BCUT2D eigenvalue weighted by Crippen LogP contribution is -2.28. The van der Waals surface area contributed by atoms with Gasteiger partial charge in [0.1, 0.15) is 23.6 Å². The maximum absolute atomic E-state index is 12.8. The van der Waals surface area contributed by atoms with E-state index < -0.39 is 5.91 Å². The van der Waals surface area contributed by atoms with Crippen LogP contribution < -0.4 is 14.8 Å². The van der Waals surface area contributed by atoms with Gasteiger partial charge in [-0.05, 0) is 36.4 Å². The maximum atomic E-state index is 12.8. The highest BCUT2D eigenvalue weighted by Gasteiger charge is 2.15. The van der Waals surface area contributed by atoms with Crippen molar-refractivity contribution in [1.29, 1.82) is 0 Å². The van der Waals surface area contributed by atoms with Crippen LogP contribution in [0.15, 0.2) is 60.9 Å². The third-order valence-corrected chi connectivity index (χ3v) is 4.28. The van der Waals surface area contributed by atoms with Crippen LogP contribution in [-0.2, 0) is 4.79 Å². The van der Waals surface area contributed by atoms with Crippen LogP contribution in [0, 0.1) is 0 Å². The van der Waals surface area contributed by atoms with Gasteiger partial charge in [-0.1, -0.05) is 12.1 Å². The van der Waals surface area contributed by atoms with Gasteiger partial charge in [-0.3, -0.25) is 9.59 Å². The molecule has 0 aliphatic rings. The van der Waals surface area contributed by atoms with Crippen LogP contribution in [0.1, 0.15) is 10.4 Å². The number of carbonyl (C=O) groups is 2. The third-order valence-electron chi connectivity index (χ3n) is 4.28. The summed E-state index contributed by atoms with van der Waals surface area (Å²) in [5.74, 6) is 0.799. The molecule has 8 heteroatoms. The fourth-order valence-electron chi connectivity index (χ4n) is 2.58. The molecule has 0 spiro atoms. The predicted molar refractivity (Wildman–Crippen MR) is 113 cm³/mol. The van der Waals surface area contributed by atoms with Crippen molar-refractivity contribution in [3.05, 3.63) is 66.5 Å². The van der Waals surface area contributed by atoms with E-state index in [4.69, 9.17) is 9.47 Å². The van der Waals surface area contributed by atoms with Gasteiger partial charge in [0.05, 0.1) is 18.4 Å². The molecule has 2 aromatic carbocycles. The lowest BCUT2D eigenvalue weighted by atomic mass is 10.1. The quantitative estimate of drug-likeness (QED) is 0.649. The molecule has 2 amide bonds. The molecule has 0 bridgehead atoms. The van der Waals surface area contributed by atoms with E-state index >= 15 is 0 Å². The van der Waals surface area contributed by atoms with E-state index in [1.807, 2.05) is 24.3 Å². The number of rotatable bonds is 7. The Bertz CT molecular complexity index is 1040. The molecule has 8 nitrogen and oxygen atoms in total. The number of nitrogens with one attached hydrogen (secondary N) is 1. The highest BCUT2D eigenvalue weighted by Crippen LogP contribution is 2.23. The third kappa shape index (κ3) is 5.11. The summed E-state index contributed by atoms with van der Waals surface area (Å²) in [5, 5.41) is 2.75. The van der Waals surface area contributed by atoms with Crippen molar-refractivity contribution in [2.45, 2.75) is 0 Å². The Morgan fingerprint density at radius 3 is 2.47 bits per heavy atom. The highest BCUT2D eigenvalue weighted by molar-refractivity contribution is 6.05. The van der Waals surface area contributed by atoms with Gasteiger partial charge < -0.3 is 19.7 Å². The van der Waals surface area contributed by atoms with Crippen LogP contribution in [0.3, 0.4) is 0 Å². The van der Waals surface area contributed by atoms with E-state index in [0.717, 1.165) is 11.3 Å². The summed E-state index contributed by atoms with van der Waals surface area (Å²) in [5.41, 5.74) is 1.82. The first-order chi connectivity index (χ1) is 14.5. The van der Waals surface area contributed by atoms with Crippen molar-refractivity contribution in [3.63, 3.8) is 0 Å². The van der Waals surface area contributed by atoms with E-state index in [0.29, 0.717) is 22.8 Å². The second-order valence-electron chi connectivity index (χ2n) is 6.54. The molecule has 1 aromatic heterocycles. The molecule has 1 heterocycles. The fraction of sp³-hybridized carbons (Fsp3) is 0.182. The number of anilines is 1. The molecule has 30 heavy (non-hydrogen) atoms. The van der Waals surface area contributed by atoms with Gasteiger partial charge in [-0.15, -0.1) is 0 Å². The zero-order valence-electron chi connectivity index (χ0n) is 17.0. The summed E-state index contributed by atoms with van der Waals surface area (Å²) in [6, 6.07) is 15.8. The lowest BCUT2D eigenvalue weighted by Gasteiger charge is -2.14. The summed E-state index contributed by atoms with van der Waals surface area (Å²) in [4.78, 5) is 34.4. The molecular weight excluding hydrogens is 384 g/mol. The maximum Gasteiger partial charge on any atom is 0.260 e. The van der Waals surface area contributed by atoms with Crippen LogP contribution in [-0.4, -0.2) is 54.5 Å². The minimum absolute atomic E-state index is 0.160. The van der Waals surface area contributed by atoms with E-state index in [-0.39, 0.29) is 12.5 Å². The number of hydrogen-bond donors (Lipinski definition) is 1. The number of methoxy groups -OCH3 is 1. The highest BCUT2D eigenvalue weighted by atomic mass is 16.5. The standard InChI is InChI=1S/C22H22N4O4/c1-26(2)21(27)13-30-19-7-5-4-6-17(19)22(28)25-20-12-18(23-14-24-20)15-8-10-16(29-3)11-9-15/h4-12,14H,13H2,1-3H3,(H,23,24,25,28). The van der Waals surface area contributed by atoms with Gasteiger partial charge >= 0.3 is 0 Å². The summed E-state index contributed by atoms with van der Waals surface area (Å²) in [6.07, 6.45) is 1.38. The molecule has 154 valence electrons. The number of para-hydroxylation sites is 1. The van der Waals surface area contributed by atoms with Crippen LogP contribution in [0.4, 0.5) is 5.82 Å². The van der Waals surface area contributed by atoms with Gasteiger partial charge in [-0.2, -0.15) is 0 Å². The number of carbonyl (C=O) groups excluding carboxylic acids is 2. The predicted octanol–water partition coefficient (Wildman–Crippen LogP) is 2.87. The van der Waals surface area contributed by atoms with Crippen molar-refractivity contribution in [2.24, 2.45) is 0 Å². The Morgan fingerprint density at radius 2 is 1.77 bits per heavy atom. The summed E-state index contributed by atoms with van der Waals surface area (Å²) in [7, 11) is 4.88. The monoisotopic (exact) mass is 406 g/mol. The van der Waals surface area contributed by atoms with Gasteiger partial charge in [0, 0.05) is 25.7 Å².